The lowest BCUT2D eigenvalue weighted by Crippen LogP contribution is -2.67. The molecule has 0 saturated carbocycles. The summed E-state index contributed by atoms with van der Waals surface area (Å²) in [5.41, 5.74) is 1.42. The van der Waals surface area contributed by atoms with Gasteiger partial charge in [0.05, 0.1) is 18.9 Å². The Morgan fingerprint density at radius 2 is 1.86 bits per heavy atom. The van der Waals surface area contributed by atoms with Crippen LogP contribution in [0, 0.1) is 11.3 Å². The summed E-state index contributed by atoms with van der Waals surface area (Å²) in [6, 6.07) is 13.6. The van der Waals surface area contributed by atoms with E-state index in [0.717, 1.165) is 5.56 Å². The van der Waals surface area contributed by atoms with Crippen LogP contribution in [-0.2, 0) is 11.3 Å². The molecule has 1 atom stereocenters. The van der Waals surface area contributed by atoms with Crippen molar-refractivity contribution in [1.29, 1.82) is 5.26 Å². The number of nitriles is 1. The first kappa shape index (κ1) is 24.2. The highest BCUT2D eigenvalue weighted by atomic mass is 35.5. The molecule has 12 nitrogen and oxygen atoms in total. The Balaban J connectivity index is 1.50. The van der Waals surface area contributed by atoms with Gasteiger partial charge in [0.1, 0.15) is 18.4 Å². The quantitative estimate of drug-likeness (QED) is 0.415. The van der Waals surface area contributed by atoms with Crippen molar-refractivity contribution in [2.75, 3.05) is 11.9 Å². The Bertz CT molecular complexity index is 1310. The van der Waals surface area contributed by atoms with Crippen molar-refractivity contribution < 1.29 is 24.2 Å². The normalized spacial score (nSPS) is 15.2. The van der Waals surface area contributed by atoms with Crippen LogP contribution >= 0.6 is 11.6 Å². The highest BCUT2D eigenvalue weighted by molar-refractivity contribution is 6.30. The standard InChI is InChI=1S/C23H18ClN7O5/c24-15-3-1-14(2-4-15)12-30-21(29-22(34)31(23(30)35)13-20(32)33)28-16-5-7-18(8-6-16)36-19-11-26-17(9-25)10-27-19/h1-8,10-11,21,28H,12-13H2,(H,29,34)(H,32,33). The third-order valence-electron chi connectivity index (χ3n) is 4.98. The molecule has 1 aliphatic rings. The number of urea groups is 2. The number of carboxylic acids is 1. The second-order valence-electron chi connectivity index (χ2n) is 7.49. The SMILES string of the molecule is N#Cc1cnc(Oc2ccc(NC3NC(=O)N(CC(=O)O)C(=O)N3Cc3ccc(Cl)cc3)cc2)cn1. The molecule has 4 amide bonds. The summed E-state index contributed by atoms with van der Waals surface area (Å²) in [4.78, 5) is 46.5. The summed E-state index contributed by atoms with van der Waals surface area (Å²) in [6.45, 7) is -0.707. The number of rotatable bonds is 8. The van der Waals surface area contributed by atoms with Crippen LogP contribution in [0.4, 0.5) is 15.3 Å². The fourth-order valence-electron chi connectivity index (χ4n) is 3.28. The van der Waals surface area contributed by atoms with Crippen molar-refractivity contribution in [1.82, 2.24) is 25.1 Å². The predicted molar refractivity (Wildman–Crippen MR) is 126 cm³/mol. The average Bonchev–Trinajstić information content (AvgIpc) is 2.87. The molecular weight excluding hydrogens is 490 g/mol. The number of benzene rings is 2. The van der Waals surface area contributed by atoms with E-state index < -0.39 is 30.9 Å². The van der Waals surface area contributed by atoms with Crippen LogP contribution in [0.25, 0.3) is 0 Å². The minimum Gasteiger partial charge on any atom is -0.480 e. The van der Waals surface area contributed by atoms with Gasteiger partial charge in [0, 0.05) is 10.7 Å². The molecule has 36 heavy (non-hydrogen) atoms. The molecule has 2 aromatic carbocycles. The van der Waals surface area contributed by atoms with Gasteiger partial charge in [-0.05, 0) is 42.0 Å². The molecule has 1 aliphatic heterocycles. The number of ether oxygens (including phenoxy) is 1. The highest BCUT2D eigenvalue weighted by Crippen LogP contribution is 2.23. The number of anilines is 1. The lowest BCUT2D eigenvalue weighted by molar-refractivity contribution is -0.137. The minimum absolute atomic E-state index is 0.0720. The summed E-state index contributed by atoms with van der Waals surface area (Å²) in [5.74, 6) is -0.680. The number of halogens is 1. The van der Waals surface area contributed by atoms with Crippen LogP contribution in [0.3, 0.4) is 0 Å². The molecule has 0 radical (unpaired) electrons. The van der Waals surface area contributed by atoms with Gasteiger partial charge in [-0.2, -0.15) is 5.26 Å². The van der Waals surface area contributed by atoms with Crippen LogP contribution in [0.15, 0.2) is 60.9 Å². The number of nitrogens with one attached hydrogen (secondary N) is 2. The predicted octanol–water partition coefficient (Wildman–Crippen LogP) is 3.22. The molecule has 1 unspecified atom stereocenters. The summed E-state index contributed by atoms with van der Waals surface area (Å²) in [5, 5.41) is 24.1. The summed E-state index contributed by atoms with van der Waals surface area (Å²) in [6.07, 6.45) is 1.64. The van der Waals surface area contributed by atoms with Crippen molar-refractivity contribution in [3.8, 4) is 17.7 Å². The Morgan fingerprint density at radius 1 is 1.14 bits per heavy atom. The molecule has 2 heterocycles. The van der Waals surface area contributed by atoms with Gasteiger partial charge in [-0.1, -0.05) is 23.7 Å². The number of carboxylic acid groups (broad SMARTS) is 1. The molecule has 1 aromatic heterocycles. The molecule has 4 rings (SSSR count). The smallest absolute Gasteiger partial charge is 0.332 e. The number of carbonyl (C=O) groups is 3. The summed E-state index contributed by atoms with van der Waals surface area (Å²) >= 11 is 5.94. The number of nitrogens with zero attached hydrogens (tertiary/aromatic N) is 5. The Kier molecular flexibility index (Phi) is 7.12. The molecule has 13 heteroatoms. The molecule has 1 fully saturated rings. The van der Waals surface area contributed by atoms with Crippen molar-refractivity contribution in [3.05, 3.63) is 77.2 Å². The highest BCUT2D eigenvalue weighted by Gasteiger charge is 2.39. The van der Waals surface area contributed by atoms with Crippen LogP contribution in [-0.4, -0.2) is 55.7 Å². The van der Waals surface area contributed by atoms with Crippen LogP contribution in [0.5, 0.6) is 11.6 Å². The fourth-order valence-corrected chi connectivity index (χ4v) is 3.41. The van der Waals surface area contributed by atoms with Gasteiger partial charge in [-0.25, -0.2) is 24.5 Å². The topological polar surface area (TPSA) is 161 Å². The molecule has 182 valence electrons. The number of hydrogen-bond donors (Lipinski definition) is 3. The Morgan fingerprint density at radius 3 is 2.47 bits per heavy atom. The summed E-state index contributed by atoms with van der Waals surface area (Å²) in [7, 11) is 0. The summed E-state index contributed by atoms with van der Waals surface area (Å²) < 4.78 is 5.60. The number of imide groups is 1. The van der Waals surface area contributed by atoms with Crippen LogP contribution in [0.1, 0.15) is 11.3 Å². The second kappa shape index (κ2) is 10.6. The van der Waals surface area contributed by atoms with E-state index in [-0.39, 0.29) is 18.1 Å². The van der Waals surface area contributed by atoms with Crippen molar-refractivity contribution in [2.45, 2.75) is 12.8 Å². The lowest BCUT2D eigenvalue weighted by atomic mass is 10.2. The Hall–Kier alpha value is -4.89. The first-order valence-electron chi connectivity index (χ1n) is 10.4. The molecular formula is C23H18ClN7O5. The van der Waals surface area contributed by atoms with E-state index in [1.54, 1.807) is 48.5 Å². The van der Waals surface area contributed by atoms with E-state index in [1.165, 1.54) is 17.3 Å². The van der Waals surface area contributed by atoms with Gasteiger partial charge < -0.3 is 15.2 Å². The van der Waals surface area contributed by atoms with Crippen molar-refractivity contribution in [2.24, 2.45) is 0 Å². The van der Waals surface area contributed by atoms with E-state index >= 15 is 0 Å². The number of amides is 4. The first-order valence-corrected chi connectivity index (χ1v) is 10.8. The van der Waals surface area contributed by atoms with E-state index in [1.807, 2.05) is 6.07 Å². The molecule has 3 N–H and O–H groups in total. The maximum absolute atomic E-state index is 13.1. The van der Waals surface area contributed by atoms with Gasteiger partial charge in [-0.3, -0.25) is 15.0 Å². The van der Waals surface area contributed by atoms with E-state index in [9.17, 15) is 14.4 Å². The van der Waals surface area contributed by atoms with E-state index in [2.05, 4.69) is 20.6 Å². The van der Waals surface area contributed by atoms with Gasteiger partial charge in [-0.15, -0.1) is 0 Å². The zero-order valence-corrected chi connectivity index (χ0v) is 19.2. The Labute approximate surface area is 209 Å². The zero-order valence-electron chi connectivity index (χ0n) is 18.5. The molecule has 0 bridgehead atoms. The van der Waals surface area contributed by atoms with E-state index in [0.29, 0.717) is 21.4 Å². The first-order chi connectivity index (χ1) is 17.3. The van der Waals surface area contributed by atoms with Crippen molar-refractivity contribution >= 4 is 35.3 Å². The lowest BCUT2D eigenvalue weighted by Gasteiger charge is -2.41. The second-order valence-corrected chi connectivity index (χ2v) is 7.93. The van der Waals surface area contributed by atoms with Gasteiger partial charge in [0.2, 0.25) is 5.88 Å². The van der Waals surface area contributed by atoms with Gasteiger partial charge >= 0.3 is 18.0 Å². The molecule has 1 saturated heterocycles. The third kappa shape index (κ3) is 5.78. The molecule has 3 aromatic rings. The third-order valence-corrected chi connectivity index (χ3v) is 5.23. The minimum atomic E-state index is -1.32. The fraction of sp³-hybridized carbons (Fsp3) is 0.130. The number of carbonyl (C=O) groups excluding carboxylic acids is 2. The zero-order chi connectivity index (χ0) is 25.7. The van der Waals surface area contributed by atoms with Gasteiger partial charge in [0.15, 0.2) is 12.0 Å². The van der Waals surface area contributed by atoms with E-state index in [4.69, 9.17) is 26.7 Å². The largest absolute Gasteiger partial charge is 0.480 e. The molecule has 0 spiro atoms. The van der Waals surface area contributed by atoms with Crippen LogP contribution in [0.2, 0.25) is 5.02 Å². The number of hydrogen-bond acceptors (Lipinski definition) is 8. The van der Waals surface area contributed by atoms with Gasteiger partial charge in [0.25, 0.3) is 0 Å². The van der Waals surface area contributed by atoms with Crippen LogP contribution < -0.4 is 15.4 Å². The maximum atomic E-state index is 13.1. The monoisotopic (exact) mass is 507 g/mol. The average molecular weight is 508 g/mol. The van der Waals surface area contributed by atoms with Crippen molar-refractivity contribution in [3.63, 3.8) is 0 Å². The molecule has 0 aliphatic carbocycles. The maximum Gasteiger partial charge on any atom is 0.332 e. The number of aliphatic carboxylic acids is 1. The number of aromatic nitrogens is 2.